The lowest BCUT2D eigenvalue weighted by molar-refractivity contribution is -0.140. The van der Waals surface area contributed by atoms with E-state index in [2.05, 4.69) is 0 Å². The Labute approximate surface area is 242 Å². The first-order valence-corrected chi connectivity index (χ1v) is 13.1. The zero-order chi connectivity index (χ0) is 28.8. The summed E-state index contributed by atoms with van der Waals surface area (Å²) in [6.07, 6.45) is 2.05. The van der Waals surface area contributed by atoms with Gasteiger partial charge < -0.3 is 14.2 Å². The smallest absolute Gasteiger partial charge is 0.271 e. The molecule has 0 spiro atoms. The molecule has 1 heterocycles. The van der Waals surface area contributed by atoms with Crippen LogP contribution in [-0.4, -0.2) is 37.5 Å². The molecule has 40 heavy (non-hydrogen) atoms. The maximum atomic E-state index is 13.4. The third-order valence-electron chi connectivity index (χ3n) is 6.50. The summed E-state index contributed by atoms with van der Waals surface area (Å²) in [5.41, 5.74) is 2.93. The maximum Gasteiger partial charge on any atom is 0.271 e. The van der Waals surface area contributed by atoms with Crippen molar-refractivity contribution >= 4 is 41.1 Å². The molecule has 204 valence electrons. The maximum absolute atomic E-state index is 13.4. The second kappa shape index (κ2) is 12.7. The summed E-state index contributed by atoms with van der Waals surface area (Å²) in [6.45, 7) is 1.97. The number of hydrogen-bond acceptors (Lipinski definition) is 6. The fourth-order valence-electron chi connectivity index (χ4n) is 4.24. The molecule has 1 aliphatic rings. The van der Waals surface area contributed by atoms with E-state index in [1.165, 1.54) is 7.11 Å². The molecular formula is C31H26Cl2N2O5. The van der Waals surface area contributed by atoms with Crippen molar-refractivity contribution in [1.82, 2.24) is 4.90 Å². The normalized spacial score (nSPS) is 14.4. The van der Waals surface area contributed by atoms with Gasteiger partial charge in [0, 0.05) is 27.7 Å². The standard InChI is InChI=1S/C31H26Cl2N2O5/c1-19-25(14-20-4-9-24(10-5-20)40-18-22-7-8-23(32)16-27(22)33)30(36)35(31(37)26(19)17-34)13-12-21-6-11-28(38-2)29(15-21)39-3/h4-11,14-16H,12-13,18H2,1-3H3/b25-14+. The van der Waals surface area contributed by atoms with Gasteiger partial charge in [0.1, 0.15) is 24.0 Å². The number of ether oxygens (including phenoxy) is 3. The van der Waals surface area contributed by atoms with Crippen LogP contribution in [-0.2, 0) is 22.6 Å². The first kappa shape index (κ1) is 28.8. The van der Waals surface area contributed by atoms with E-state index in [1.807, 2.05) is 12.1 Å². The molecule has 9 heteroatoms. The molecule has 0 unspecified atom stereocenters. The number of amides is 2. The highest BCUT2D eigenvalue weighted by Gasteiger charge is 2.35. The Hall–Kier alpha value is -4.25. The SMILES string of the molecule is COc1ccc(CCN2C(=O)C(C#N)=C(C)/C(=C\c3ccc(OCc4ccc(Cl)cc4Cl)cc3)C2=O)cc1OC. The van der Waals surface area contributed by atoms with Gasteiger partial charge in [-0.15, -0.1) is 0 Å². The van der Waals surface area contributed by atoms with Gasteiger partial charge in [-0.05, 0) is 72.5 Å². The van der Waals surface area contributed by atoms with Crippen molar-refractivity contribution in [3.05, 3.63) is 104 Å². The van der Waals surface area contributed by atoms with Gasteiger partial charge in [-0.25, -0.2) is 0 Å². The van der Waals surface area contributed by atoms with Crippen molar-refractivity contribution in [3.63, 3.8) is 0 Å². The lowest BCUT2D eigenvalue weighted by atomic mass is 9.93. The van der Waals surface area contributed by atoms with Crippen LogP contribution in [0.5, 0.6) is 17.2 Å². The van der Waals surface area contributed by atoms with Crippen LogP contribution in [0.1, 0.15) is 23.6 Å². The van der Waals surface area contributed by atoms with Crippen LogP contribution in [0.4, 0.5) is 0 Å². The van der Waals surface area contributed by atoms with Crippen molar-refractivity contribution < 1.29 is 23.8 Å². The average molecular weight is 577 g/mol. The Bertz CT molecular complexity index is 1550. The minimum absolute atomic E-state index is 0.0574. The van der Waals surface area contributed by atoms with Crippen molar-refractivity contribution in [2.24, 2.45) is 0 Å². The molecule has 0 atom stereocenters. The van der Waals surface area contributed by atoms with Crippen LogP contribution < -0.4 is 14.2 Å². The largest absolute Gasteiger partial charge is 0.493 e. The van der Waals surface area contributed by atoms with Crippen LogP contribution in [0, 0.1) is 11.3 Å². The number of hydrogen-bond donors (Lipinski definition) is 0. The molecule has 0 N–H and O–H groups in total. The average Bonchev–Trinajstić information content (AvgIpc) is 2.95. The van der Waals surface area contributed by atoms with Gasteiger partial charge in [-0.2, -0.15) is 5.26 Å². The second-order valence-corrected chi connectivity index (χ2v) is 9.81. The van der Waals surface area contributed by atoms with Gasteiger partial charge in [0.15, 0.2) is 11.5 Å². The fraction of sp³-hybridized carbons (Fsp3) is 0.194. The Balaban J connectivity index is 1.52. The number of rotatable bonds is 9. The van der Waals surface area contributed by atoms with Gasteiger partial charge in [0.25, 0.3) is 11.8 Å². The van der Waals surface area contributed by atoms with Crippen molar-refractivity contribution in [1.29, 1.82) is 5.26 Å². The van der Waals surface area contributed by atoms with E-state index in [4.69, 9.17) is 37.4 Å². The molecule has 3 aromatic rings. The fourth-order valence-corrected chi connectivity index (χ4v) is 4.70. The third kappa shape index (κ3) is 6.31. The van der Waals surface area contributed by atoms with Gasteiger partial charge in [-0.3, -0.25) is 14.5 Å². The lowest BCUT2D eigenvalue weighted by Crippen LogP contribution is -2.43. The quantitative estimate of drug-likeness (QED) is 0.215. The number of benzene rings is 3. The van der Waals surface area contributed by atoms with E-state index >= 15 is 0 Å². The summed E-state index contributed by atoms with van der Waals surface area (Å²) >= 11 is 12.2. The van der Waals surface area contributed by atoms with Gasteiger partial charge in [0.2, 0.25) is 0 Å². The molecule has 4 rings (SSSR count). The van der Waals surface area contributed by atoms with Crippen LogP contribution in [0.15, 0.2) is 77.4 Å². The Morgan fingerprint density at radius 2 is 1.65 bits per heavy atom. The minimum Gasteiger partial charge on any atom is -0.493 e. The zero-order valence-corrected chi connectivity index (χ0v) is 23.7. The van der Waals surface area contributed by atoms with Gasteiger partial charge in [0.05, 0.1) is 14.2 Å². The van der Waals surface area contributed by atoms with Crippen molar-refractivity contribution in [2.45, 2.75) is 20.0 Å². The summed E-state index contributed by atoms with van der Waals surface area (Å²) < 4.78 is 16.4. The Kier molecular flexibility index (Phi) is 9.15. The topological polar surface area (TPSA) is 88.9 Å². The van der Waals surface area contributed by atoms with E-state index in [9.17, 15) is 14.9 Å². The van der Waals surface area contributed by atoms with Crippen LogP contribution in [0.3, 0.4) is 0 Å². The number of nitriles is 1. The minimum atomic E-state index is -0.604. The summed E-state index contributed by atoms with van der Waals surface area (Å²) in [6, 6.07) is 19.7. The predicted octanol–water partition coefficient (Wildman–Crippen LogP) is 6.42. The highest BCUT2D eigenvalue weighted by Crippen LogP contribution is 2.30. The molecule has 0 saturated heterocycles. The predicted molar refractivity (Wildman–Crippen MR) is 153 cm³/mol. The molecule has 0 bridgehead atoms. The highest BCUT2D eigenvalue weighted by atomic mass is 35.5. The van der Waals surface area contributed by atoms with E-state index in [1.54, 1.807) is 74.7 Å². The van der Waals surface area contributed by atoms with Gasteiger partial charge >= 0.3 is 0 Å². The van der Waals surface area contributed by atoms with Gasteiger partial charge in [-0.1, -0.05) is 47.5 Å². The third-order valence-corrected chi connectivity index (χ3v) is 7.08. The van der Waals surface area contributed by atoms with Crippen LogP contribution >= 0.6 is 23.2 Å². The van der Waals surface area contributed by atoms with E-state index in [-0.39, 0.29) is 24.3 Å². The first-order chi connectivity index (χ1) is 19.2. The Morgan fingerprint density at radius 3 is 2.30 bits per heavy atom. The van der Waals surface area contributed by atoms with E-state index < -0.39 is 11.8 Å². The molecule has 0 radical (unpaired) electrons. The first-order valence-electron chi connectivity index (χ1n) is 12.3. The summed E-state index contributed by atoms with van der Waals surface area (Å²) in [4.78, 5) is 27.6. The van der Waals surface area contributed by atoms with Crippen molar-refractivity contribution in [3.8, 4) is 23.3 Å². The number of carbonyl (C=O) groups excluding carboxylic acids is 2. The lowest BCUT2D eigenvalue weighted by Gasteiger charge is -2.27. The molecule has 3 aromatic carbocycles. The molecule has 1 aliphatic heterocycles. The number of methoxy groups -OCH3 is 2. The molecule has 0 aromatic heterocycles. The molecule has 0 saturated carbocycles. The molecule has 2 amide bonds. The molecule has 0 aliphatic carbocycles. The Morgan fingerprint density at radius 1 is 0.925 bits per heavy atom. The number of carbonyl (C=O) groups is 2. The summed E-state index contributed by atoms with van der Waals surface area (Å²) in [5.74, 6) is 0.679. The van der Waals surface area contributed by atoms with Crippen LogP contribution in [0.2, 0.25) is 10.0 Å². The summed E-state index contributed by atoms with van der Waals surface area (Å²) in [5, 5.41) is 10.8. The molecule has 7 nitrogen and oxygen atoms in total. The molecular weight excluding hydrogens is 551 g/mol. The van der Waals surface area contributed by atoms with E-state index in [0.29, 0.717) is 44.9 Å². The molecule has 0 fully saturated rings. The second-order valence-electron chi connectivity index (χ2n) is 8.96. The number of nitrogens with zero attached hydrogens (tertiary/aromatic N) is 2. The number of halogens is 2. The summed E-state index contributed by atoms with van der Waals surface area (Å²) in [7, 11) is 3.09. The monoisotopic (exact) mass is 576 g/mol. The van der Waals surface area contributed by atoms with E-state index in [0.717, 1.165) is 16.0 Å². The highest BCUT2D eigenvalue weighted by molar-refractivity contribution is 6.35. The van der Waals surface area contributed by atoms with Crippen molar-refractivity contribution in [2.75, 3.05) is 20.8 Å². The van der Waals surface area contributed by atoms with Crippen LogP contribution in [0.25, 0.3) is 6.08 Å². The zero-order valence-electron chi connectivity index (χ0n) is 22.2. The number of imide groups is 1.